The van der Waals surface area contributed by atoms with Crippen LogP contribution in [0.1, 0.15) is 78.2 Å². The van der Waals surface area contributed by atoms with Crippen molar-refractivity contribution in [3.05, 3.63) is 29.8 Å². The second-order valence-electron chi connectivity index (χ2n) is 7.62. The second kappa shape index (κ2) is 11.6. The molecule has 0 aliphatic heterocycles. The average molecular weight is 363 g/mol. The minimum absolute atomic E-state index is 0.0557. The van der Waals surface area contributed by atoms with Gasteiger partial charge in [0.05, 0.1) is 0 Å². The lowest BCUT2D eigenvalue weighted by Gasteiger charge is -2.19. The minimum Gasteiger partial charge on any atom is -0.444 e. The van der Waals surface area contributed by atoms with Gasteiger partial charge in [0.1, 0.15) is 5.60 Å². The maximum absolute atomic E-state index is 11.9. The smallest absolute Gasteiger partial charge is 0.407 e. The summed E-state index contributed by atoms with van der Waals surface area (Å²) >= 11 is 0. The molecule has 0 aliphatic rings. The van der Waals surface area contributed by atoms with Crippen LogP contribution >= 0.6 is 0 Å². The van der Waals surface area contributed by atoms with Gasteiger partial charge in [-0.1, -0.05) is 51.2 Å². The minimum atomic E-state index is -0.506. The lowest BCUT2D eigenvalue weighted by molar-refractivity contribution is -0.116. The van der Waals surface area contributed by atoms with Gasteiger partial charge in [0.25, 0.3) is 0 Å². The molecule has 0 spiro atoms. The standard InChI is InChI=1S/C21H34N2O3/c1-5-6-7-8-9-10-11-19(24)23-18-14-12-17(13-15-18)16-22-20(25)26-21(2,3)4/h12-15H,5-11,16H2,1-4H3,(H,22,25)(H,23,24). The van der Waals surface area contributed by atoms with Crippen LogP contribution in [0, 0.1) is 0 Å². The van der Waals surface area contributed by atoms with E-state index in [2.05, 4.69) is 17.6 Å². The molecule has 26 heavy (non-hydrogen) atoms. The van der Waals surface area contributed by atoms with Gasteiger partial charge in [0, 0.05) is 18.7 Å². The molecule has 0 fully saturated rings. The van der Waals surface area contributed by atoms with Gasteiger partial charge in [0.15, 0.2) is 0 Å². The molecule has 0 aromatic heterocycles. The Morgan fingerprint density at radius 2 is 1.58 bits per heavy atom. The van der Waals surface area contributed by atoms with Crippen molar-refractivity contribution in [1.82, 2.24) is 5.32 Å². The molecule has 1 aromatic carbocycles. The van der Waals surface area contributed by atoms with E-state index in [9.17, 15) is 9.59 Å². The van der Waals surface area contributed by atoms with E-state index in [1.807, 2.05) is 45.0 Å². The summed E-state index contributed by atoms with van der Waals surface area (Å²) in [5.41, 5.74) is 1.22. The molecule has 5 nitrogen and oxygen atoms in total. The van der Waals surface area contributed by atoms with Crippen LogP contribution in [-0.2, 0) is 16.1 Å². The molecule has 146 valence electrons. The first-order chi connectivity index (χ1) is 12.3. The van der Waals surface area contributed by atoms with E-state index < -0.39 is 11.7 Å². The van der Waals surface area contributed by atoms with Crippen molar-refractivity contribution in [2.24, 2.45) is 0 Å². The van der Waals surface area contributed by atoms with Gasteiger partial charge in [0.2, 0.25) is 5.91 Å². The number of carbonyl (C=O) groups excluding carboxylic acids is 2. The van der Waals surface area contributed by atoms with E-state index in [1.165, 1.54) is 25.7 Å². The Morgan fingerprint density at radius 1 is 0.962 bits per heavy atom. The van der Waals surface area contributed by atoms with Gasteiger partial charge < -0.3 is 15.4 Å². The molecule has 0 bridgehead atoms. The molecule has 0 aliphatic carbocycles. The topological polar surface area (TPSA) is 67.4 Å². The van der Waals surface area contributed by atoms with Crippen LogP contribution in [-0.4, -0.2) is 17.6 Å². The zero-order valence-corrected chi connectivity index (χ0v) is 16.7. The molecule has 0 radical (unpaired) electrons. The summed E-state index contributed by atoms with van der Waals surface area (Å²) < 4.78 is 5.20. The highest BCUT2D eigenvalue weighted by atomic mass is 16.6. The largest absolute Gasteiger partial charge is 0.444 e. The third-order valence-electron chi connectivity index (χ3n) is 3.83. The molecular formula is C21H34N2O3. The fraction of sp³-hybridized carbons (Fsp3) is 0.619. The Balaban J connectivity index is 2.27. The molecule has 0 atom stereocenters. The van der Waals surface area contributed by atoms with E-state index in [-0.39, 0.29) is 5.91 Å². The van der Waals surface area contributed by atoms with E-state index in [0.29, 0.717) is 13.0 Å². The molecule has 1 aromatic rings. The molecule has 2 amide bonds. The Hall–Kier alpha value is -2.04. The number of nitrogens with one attached hydrogen (secondary N) is 2. The Kier molecular flexibility index (Phi) is 9.78. The number of ether oxygens (including phenoxy) is 1. The second-order valence-corrected chi connectivity index (χ2v) is 7.62. The summed E-state index contributed by atoms with van der Waals surface area (Å²) in [5, 5.41) is 5.63. The Labute approximate surface area is 157 Å². The SMILES string of the molecule is CCCCCCCCC(=O)Nc1ccc(CNC(=O)OC(C)(C)C)cc1. The van der Waals surface area contributed by atoms with Crippen LogP contribution in [0.3, 0.4) is 0 Å². The van der Waals surface area contributed by atoms with Crippen molar-refractivity contribution in [2.75, 3.05) is 5.32 Å². The number of carbonyl (C=O) groups is 2. The van der Waals surface area contributed by atoms with Crippen molar-refractivity contribution in [1.29, 1.82) is 0 Å². The number of benzene rings is 1. The first kappa shape index (κ1) is 22.0. The number of anilines is 1. The van der Waals surface area contributed by atoms with Gasteiger partial charge in [-0.3, -0.25) is 4.79 Å². The van der Waals surface area contributed by atoms with Crippen LogP contribution in [0.25, 0.3) is 0 Å². The number of hydrogen-bond acceptors (Lipinski definition) is 3. The zero-order chi connectivity index (χ0) is 19.4. The summed E-state index contributed by atoms with van der Waals surface area (Å²) in [4.78, 5) is 23.6. The van der Waals surface area contributed by atoms with Gasteiger partial charge >= 0.3 is 6.09 Å². The van der Waals surface area contributed by atoms with Crippen molar-refractivity contribution >= 4 is 17.7 Å². The highest BCUT2D eigenvalue weighted by molar-refractivity contribution is 5.90. The summed E-state index contributed by atoms with van der Waals surface area (Å²) in [6.45, 7) is 8.08. The van der Waals surface area contributed by atoms with E-state index in [0.717, 1.165) is 24.1 Å². The summed E-state index contributed by atoms with van der Waals surface area (Å²) in [7, 11) is 0. The average Bonchev–Trinajstić information content (AvgIpc) is 2.56. The lowest BCUT2D eigenvalue weighted by Crippen LogP contribution is -2.32. The van der Waals surface area contributed by atoms with Crippen molar-refractivity contribution in [3.63, 3.8) is 0 Å². The molecule has 1 rings (SSSR count). The van der Waals surface area contributed by atoms with E-state index in [4.69, 9.17) is 4.74 Å². The van der Waals surface area contributed by atoms with Crippen LogP contribution in [0.5, 0.6) is 0 Å². The summed E-state index contributed by atoms with van der Waals surface area (Å²) in [6, 6.07) is 7.48. The molecular weight excluding hydrogens is 328 g/mol. The highest BCUT2D eigenvalue weighted by Gasteiger charge is 2.15. The fourth-order valence-electron chi connectivity index (χ4n) is 2.48. The van der Waals surface area contributed by atoms with Gasteiger partial charge in [-0.2, -0.15) is 0 Å². The van der Waals surface area contributed by atoms with Crippen molar-refractivity contribution in [2.45, 2.75) is 84.8 Å². The number of unbranched alkanes of at least 4 members (excludes halogenated alkanes) is 5. The highest BCUT2D eigenvalue weighted by Crippen LogP contribution is 2.12. The molecule has 0 unspecified atom stereocenters. The van der Waals surface area contributed by atoms with Gasteiger partial charge in [-0.05, 0) is 44.9 Å². The predicted molar refractivity (Wildman–Crippen MR) is 106 cm³/mol. The monoisotopic (exact) mass is 362 g/mol. The number of alkyl carbamates (subject to hydrolysis) is 1. The molecule has 2 N–H and O–H groups in total. The number of hydrogen-bond donors (Lipinski definition) is 2. The number of rotatable bonds is 10. The van der Waals surface area contributed by atoms with Crippen molar-refractivity contribution < 1.29 is 14.3 Å². The third kappa shape index (κ3) is 10.7. The lowest BCUT2D eigenvalue weighted by atomic mass is 10.1. The van der Waals surface area contributed by atoms with E-state index in [1.54, 1.807) is 0 Å². The predicted octanol–water partition coefficient (Wildman–Crippen LogP) is 5.40. The summed E-state index contributed by atoms with van der Waals surface area (Å²) in [5.74, 6) is 0.0557. The Morgan fingerprint density at radius 3 is 2.19 bits per heavy atom. The van der Waals surface area contributed by atoms with Gasteiger partial charge in [-0.15, -0.1) is 0 Å². The van der Waals surface area contributed by atoms with Crippen LogP contribution in [0.15, 0.2) is 24.3 Å². The quantitative estimate of drug-likeness (QED) is 0.548. The van der Waals surface area contributed by atoms with Crippen LogP contribution < -0.4 is 10.6 Å². The van der Waals surface area contributed by atoms with Crippen molar-refractivity contribution in [3.8, 4) is 0 Å². The molecule has 0 heterocycles. The first-order valence-corrected chi connectivity index (χ1v) is 9.66. The maximum Gasteiger partial charge on any atom is 0.407 e. The molecule has 0 saturated carbocycles. The van der Waals surface area contributed by atoms with Crippen LogP contribution in [0.4, 0.5) is 10.5 Å². The van der Waals surface area contributed by atoms with Crippen LogP contribution in [0.2, 0.25) is 0 Å². The molecule has 0 saturated heterocycles. The maximum atomic E-state index is 11.9. The first-order valence-electron chi connectivity index (χ1n) is 9.66. The normalized spacial score (nSPS) is 11.1. The summed E-state index contributed by atoms with van der Waals surface area (Å²) in [6.07, 6.45) is 7.17. The zero-order valence-electron chi connectivity index (χ0n) is 16.7. The third-order valence-corrected chi connectivity index (χ3v) is 3.83. The van der Waals surface area contributed by atoms with Gasteiger partial charge in [-0.25, -0.2) is 4.79 Å². The Bertz CT molecular complexity index is 547. The molecule has 5 heteroatoms. The number of amides is 2. The van der Waals surface area contributed by atoms with E-state index >= 15 is 0 Å². The fourth-order valence-corrected chi connectivity index (χ4v) is 2.48.